The molecule has 1 atom stereocenters. The number of carboxylic acids is 1. The van der Waals surface area contributed by atoms with E-state index in [2.05, 4.69) is 15.5 Å². The van der Waals surface area contributed by atoms with Crippen molar-refractivity contribution in [3.63, 3.8) is 0 Å². The average Bonchev–Trinajstić information content (AvgIpc) is 3.14. The second-order valence-electron chi connectivity index (χ2n) is 5.38. The lowest BCUT2D eigenvalue weighted by Crippen LogP contribution is -2.26. The number of aliphatic carboxylic acids is 1. The van der Waals surface area contributed by atoms with Crippen LogP contribution in [0.3, 0.4) is 0 Å². The smallest absolute Gasteiger partial charge is 0.305 e. The molecule has 128 valence electrons. The molecule has 1 unspecified atom stereocenters. The van der Waals surface area contributed by atoms with Crippen LogP contribution in [0, 0.1) is 6.92 Å². The Morgan fingerprint density at radius 2 is 2.08 bits per heavy atom. The Kier molecular flexibility index (Phi) is 4.99. The van der Waals surface area contributed by atoms with E-state index in [1.807, 2.05) is 43.3 Å². The number of aryl methyl sites for hydroxylation is 1. The highest BCUT2D eigenvalue weighted by Gasteiger charge is 2.32. The van der Waals surface area contributed by atoms with Gasteiger partial charge in [0, 0.05) is 5.56 Å². The zero-order chi connectivity index (χ0) is 17.8. The van der Waals surface area contributed by atoms with Gasteiger partial charge in [0.1, 0.15) is 16.8 Å². The first-order valence-corrected chi connectivity index (χ1v) is 8.36. The molecule has 7 nitrogen and oxygen atoms in total. The van der Waals surface area contributed by atoms with Gasteiger partial charge in [-0.3, -0.25) is 9.59 Å². The van der Waals surface area contributed by atoms with Crippen molar-refractivity contribution in [3.05, 3.63) is 47.7 Å². The van der Waals surface area contributed by atoms with E-state index in [0.29, 0.717) is 5.17 Å². The predicted molar refractivity (Wildman–Crippen MR) is 95.7 cm³/mol. The number of hydrogen-bond donors (Lipinski definition) is 2. The molecule has 2 N–H and O–H groups in total. The number of nitrogens with zero attached hydrogens (tertiary/aromatic N) is 2. The molecule has 1 fully saturated rings. The van der Waals surface area contributed by atoms with Gasteiger partial charge in [-0.05, 0) is 24.6 Å². The fourth-order valence-electron chi connectivity index (χ4n) is 2.22. The van der Waals surface area contributed by atoms with E-state index < -0.39 is 11.2 Å². The lowest BCUT2D eigenvalue weighted by Gasteiger charge is -1.98. The number of furan rings is 1. The molecule has 25 heavy (non-hydrogen) atoms. The SMILES string of the molecule is Cc1ccc(-c2ccc(C=NN=C3NC(=O)C(CC(=O)O)S3)cc2)o1. The van der Waals surface area contributed by atoms with Gasteiger partial charge in [-0.2, -0.15) is 5.10 Å². The maximum atomic E-state index is 11.6. The Labute approximate surface area is 147 Å². The summed E-state index contributed by atoms with van der Waals surface area (Å²) in [5.74, 6) is 0.272. The summed E-state index contributed by atoms with van der Waals surface area (Å²) in [7, 11) is 0. The molecule has 0 aliphatic carbocycles. The van der Waals surface area contributed by atoms with Crippen LogP contribution in [0.4, 0.5) is 0 Å². The third-order valence-corrected chi connectivity index (χ3v) is 4.50. The van der Waals surface area contributed by atoms with Crippen molar-refractivity contribution >= 4 is 35.0 Å². The first-order chi connectivity index (χ1) is 12.0. The molecule has 0 radical (unpaired) electrons. The number of carbonyl (C=O) groups excluding carboxylic acids is 1. The van der Waals surface area contributed by atoms with E-state index in [-0.39, 0.29) is 12.3 Å². The second kappa shape index (κ2) is 7.35. The van der Waals surface area contributed by atoms with Crippen LogP contribution in [0.25, 0.3) is 11.3 Å². The van der Waals surface area contributed by atoms with Gasteiger partial charge < -0.3 is 14.8 Å². The molecule has 0 bridgehead atoms. The van der Waals surface area contributed by atoms with E-state index in [4.69, 9.17) is 9.52 Å². The molecule has 2 heterocycles. The third kappa shape index (κ3) is 4.36. The molecule has 3 rings (SSSR count). The summed E-state index contributed by atoms with van der Waals surface area (Å²) >= 11 is 1.07. The molecule has 2 aromatic rings. The predicted octanol–water partition coefficient (Wildman–Crippen LogP) is 2.65. The van der Waals surface area contributed by atoms with Gasteiger partial charge in [-0.25, -0.2) is 0 Å². The Bertz CT molecular complexity index is 855. The molecule has 1 amide bonds. The van der Waals surface area contributed by atoms with Gasteiger partial charge in [-0.1, -0.05) is 36.0 Å². The summed E-state index contributed by atoms with van der Waals surface area (Å²) in [6, 6.07) is 11.4. The summed E-state index contributed by atoms with van der Waals surface area (Å²) in [6.07, 6.45) is 1.31. The van der Waals surface area contributed by atoms with E-state index in [0.717, 1.165) is 34.4 Å². The van der Waals surface area contributed by atoms with Crippen LogP contribution in [-0.2, 0) is 9.59 Å². The third-order valence-electron chi connectivity index (χ3n) is 3.43. The normalized spacial score (nSPS) is 18.8. The van der Waals surface area contributed by atoms with Crippen LogP contribution in [0.1, 0.15) is 17.7 Å². The number of thioether (sulfide) groups is 1. The Morgan fingerprint density at radius 1 is 1.32 bits per heavy atom. The molecule has 1 aliphatic rings. The van der Waals surface area contributed by atoms with Crippen LogP contribution >= 0.6 is 11.8 Å². The molecular formula is C17H15N3O4S. The van der Waals surface area contributed by atoms with Crippen molar-refractivity contribution in [2.45, 2.75) is 18.6 Å². The summed E-state index contributed by atoms with van der Waals surface area (Å²) < 4.78 is 5.57. The minimum atomic E-state index is -1.02. The highest BCUT2D eigenvalue weighted by molar-refractivity contribution is 8.15. The first kappa shape index (κ1) is 17.0. The minimum absolute atomic E-state index is 0.243. The summed E-state index contributed by atoms with van der Waals surface area (Å²) in [5.41, 5.74) is 1.81. The molecule has 0 spiro atoms. The van der Waals surface area contributed by atoms with E-state index >= 15 is 0 Å². The van der Waals surface area contributed by atoms with E-state index in [9.17, 15) is 9.59 Å². The standard InChI is InChI=1S/C17H15N3O4S/c1-10-2-7-13(24-10)12-5-3-11(4-6-12)9-18-20-17-19-16(23)14(25-17)8-15(21)22/h2-7,9,14H,8H2,1H3,(H,21,22)(H,19,20,23). The Hall–Kier alpha value is -2.87. The lowest BCUT2D eigenvalue weighted by molar-refractivity contribution is -0.138. The molecule has 1 saturated heterocycles. The molecule has 8 heteroatoms. The number of carbonyl (C=O) groups is 2. The zero-order valence-electron chi connectivity index (χ0n) is 13.3. The van der Waals surface area contributed by atoms with E-state index in [1.165, 1.54) is 0 Å². The largest absolute Gasteiger partial charge is 0.481 e. The number of nitrogens with one attached hydrogen (secondary N) is 1. The van der Waals surface area contributed by atoms with Crippen molar-refractivity contribution in [2.75, 3.05) is 0 Å². The fourth-order valence-corrected chi connectivity index (χ4v) is 3.13. The monoisotopic (exact) mass is 357 g/mol. The number of hydrogen-bond acceptors (Lipinski definition) is 6. The van der Waals surface area contributed by atoms with Crippen molar-refractivity contribution in [1.29, 1.82) is 0 Å². The quantitative estimate of drug-likeness (QED) is 0.632. The van der Waals surface area contributed by atoms with Gasteiger partial charge in [0.2, 0.25) is 5.91 Å². The topological polar surface area (TPSA) is 104 Å². The fraction of sp³-hybridized carbons (Fsp3) is 0.176. The minimum Gasteiger partial charge on any atom is -0.481 e. The number of rotatable bonds is 5. The van der Waals surface area contributed by atoms with Gasteiger partial charge >= 0.3 is 5.97 Å². The summed E-state index contributed by atoms with van der Waals surface area (Å²) in [4.78, 5) is 22.3. The number of carboxylic acid groups (broad SMARTS) is 1. The summed E-state index contributed by atoms with van der Waals surface area (Å²) in [6.45, 7) is 1.89. The van der Waals surface area contributed by atoms with Gasteiger partial charge in [0.15, 0.2) is 5.17 Å². The molecule has 1 aromatic carbocycles. The first-order valence-electron chi connectivity index (χ1n) is 7.48. The van der Waals surface area contributed by atoms with Crippen molar-refractivity contribution in [2.24, 2.45) is 10.2 Å². The van der Waals surface area contributed by atoms with Crippen molar-refractivity contribution < 1.29 is 19.1 Å². The maximum Gasteiger partial charge on any atom is 0.305 e. The van der Waals surface area contributed by atoms with Crippen LogP contribution < -0.4 is 5.32 Å². The van der Waals surface area contributed by atoms with Crippen molar-refractivity contribution in [1.82, 2.24) is 5.32 Å². The highest BCUT2D eigenvalue weighted by Crippen LogP contribution is 2.23. The Balaban J connectivity index is 1.62. The summed E-state index contributed by atoms with van der Waals surface area (Å²) in [5, 5.41) is 18.7. The average molecular weight is 357 g/mol. The molecule has 0 saturated carbocycles. The van der Waals surface area contributed by atoms with Crippen LogP contribution in [0.15, 0.2) is 51.0 Å². The van der Waals surface area contributed by atoms with Gasteiger partial charge in [-0.15, -0.1) is 5.10 Å². The van der Waals surface area contributed by atoms with Crippen LogP contribution in [-0.4, -0.2) is 33.6 Å². The molecular weight excluding hydrogens is 342 g/mol. The number of benzene rings is 1. The molecule has 1 aromatic heterocycles. The lowest BCUT2D eigenvalue weighted by atomic mass is 10.1. The van der Waals surface area contributed by atoms with E-state index in [1.54, 1.807) is 6.21 Å². The van der Waals surface area contributed by atoms with Crippen LogP contribution in [0.5, 0.6) is 0 Å². The van der Waals surface area contributed by atoms with Crippen molar-refractivity contribution in [3.8, 4) is 11.3 Å². The highest BCUT2D eigenvalue weighted by atomic mass is 32.2. The number of amidine groups is 1. The van der Waals surface area contributed by atoms with Gasteiger partial charge in [0.25, 0.3) is 0 Å². The van der Waals surface area contributed by atoms with Gasteiger partial charge in [0.05, 0.1) is 12.6 Å². The Morgan fingerprint density at radius 3 is 2.72 bits per heavy atom. The maximum absolute atomic E-state index is 11.6. The second-order valence-corrected chi connectivity index (χ2v) is 6.57. The zero-order valence-corrected chi connectivity index (χ0v) is 14.1. The number of amides is 1. The molecule has 1 aliphatic heterocycles. The van der Waals surface area contributed by atoms with Crippen LogP contribution in [0.2, 0.25) is 0 Å².